The van der Waals surface area contributed by atoms with Gasteiger partial charge in [0.2, 0.25) is 0 Å². The molecule has 2 heterocycles. The largest absolute Gasteiger partial charge is 0.393 e. The fourth-order valence-electron chi connectivity index (χ4n) is 2.75. The van der Waals surface area contributed by atoms with Gasteiger partial charge in [-0.1, -0.05) is 0 Å². The van der Waals surface area contributed by atoms with E-state index in [1.54, 1.807) is 6.07 Å². The van der Waals surface area contributed by atoms with Gasteiger partial charge in [0, 0.05) is 6.04 Å². The summed E-state index contributed by atoms with van der Waals surface area (Å²) < 4.78 is 1.40. The fourth-order valence-corrected chi connectivity index (χ4v) is 2.75. The van der Waals surface area contributed by atoms with Crippen LogP contribution in [0.25, 0.3) is 5.52 Å². The second-order valence-electron chi connectivity index (χ2n) is 5.37. The van der Waals surface area contributed by atoms with Crippen molar-refractivity contribution < 1.29 is 9.90 Å². The van der Waals surface area contributed by atoms with Gasteiger partial charge in [-0.05, 0) is 37.3 Å². The maximum atomic E-state index is 12.4. The van der Waals surface area contributed by atoms with Crippen LogP contribution < -0.4 is 16.6 Å². The van der Waals surface area contributed by atoms with Crippen molar-refractivity contribution in [2.45, 2.75) is 37.8 Å². The van der Waals surface area contributed by atoms with Gasteiger partial charge in [0.1, 0.15) is 19.7 Å². The molecule has 8 heteroatoms. The first-order chi connectivity index (χ1) is 10.1. The van der Waals surface area contributed by atoms with Crippen molar-refractivity contribution in [1.29, 1.82) is 0 Å². The predicted molar refractivity (Wildman–Crippen MR) is 78.5 cm³/mol. The van der Waals surface area contributed by atoms with Gasteiger partial charge >= 0.3 is 0 Å². The molecule has 0 aliphatic heterocycles. The maximum absolute atomic E-state index is 12.4. The van der Waals surface area contributed by atoms with Crippen LogP contribution in [0.1, 0.15) is 36.0 Å². The first-order valence-corrected chi connectivity index (χ1v) is 6.93. The number of nitrogen functional groups attached to an aromatic ring is 1. The second-order valence-corrected chi connectivity index (χ2v) is 5.37. The quantitative estimate of drug-likeness (QED) is 0.623. The number of hydrogen-bond donors (Lipinski definition) is 3. The van der Waals surface area contributed by atoms with E-state index < -0.39 is 0 Å². The number of carbonyl (C=O) groups is 1. The van der Waals surface area contributed by atoms with E-state index >= 15 is 0 Å². The van der Waals surface area contributed by atoms with Gasteiger partial charge in [-0.3, -0.25) is 4.79 Å². The monoisotopic (exact) mass is 285 g/mol. The van der Waals surface area contributed by atoms with Crippen molar-refractivity contribution in [3.8, 4) is 0 Å². The number of aromatic nitrogens is 3. The minimum atomic E-state index is -0.256. The number of amides is 1. The number of nitrogens with two attached hydrogens (primary N) is 1. The number of nitrogens with zero attached hydrogens (tertiary/aromatic N) is 3. The van der Waals surface area contributed by atoms with E-state index in [9.17, 15) is 9.90 Å². The van der Waals surface area contributed by atoms with Crippen molar-refractivity contribution >= 4 is 30.7 Å². The van der Waals surface area contributed by atoms with Crippen LogP contribution >= 0.6 is 0 Å². The lowest BCUT2D eigenvalue weighted by molar-refractivity contribution is 0.0869. The lowest BCUT2D eigenvalue weighted by atomic mass is 9.93. The minimum absolute atomic E-state index is 0.0583. The topological polar surface area (TPSA) is 106 Å². The Bertz CT molecular complexity index is 678. The zero-order chi connectivity index (χ0) is 15.0. The number of aliphatic hydroxyl groups excluding tert-OH is 1. The number of hydrogen-bond acceptors (Lipinski definition) is 5. The summed E-state index contributed by atoms with van der Waals surface area (Å²) in [5.74, 6) is -0.0296. The molecule has 1 aliphatic rings. The number of aliphatic hydroxyl groups is 1. The van der Waals surface area contributed by atoms with Gasteiger partial charge in [0.05, 0.1) is 11.7 Å². The zero-order valence-electron chi connectivity index (χ0n) is 11.5. The first-order valence-electron chi connectivity index (χ1n) is 6.93. The molecule has 0 bridgehead atoms. The van der Waals surface area contributed by atoms with Crippen LogP contribution in [0.5, 0.6) is 0 Å². The Balaban J connectivity index is 1.85. The Labute approximate surface area is 123 Å². The first kappa shape index (κ1) is 13.9. The Morgan fingerprint density at radius 2 is 2.14 bits per heavy atom. The van der Waals surface area contributed by atoms with E-state index in [1.165, 1.54) is 10.8 Å². The van der Waals surface area contributed by atoms with Crippen LogP contribution in [0, 0.1) is 0 Å². The molecule has 108 valence electrons. The maximum Gasteiger partial charge on any atom is 0.253 e. The van der Waals surface area contributed by atoms with E-state index in [4.69, 9.17) is 13.6 Å². The number of carbonyl (C=O) groups excluding carboxylic acids is 1. The fraction of sp³-hybridized carbons (Fsp3) is 0.462. The summed E-state index contributed by atoms with van der Waals surface area (Å²) in [6, 6.07) is 1.61. The van der Waals surface area contributed by atoms with Crippen molar-refractivity contribution in [2.75, 3.05) is 5.73 Å². The van der Waals surface area contributed by atoms with Gasteiger partial charge in [0.15, 0.2) is 5.82 Å². The molecule has 0 saturated heterocycles. The molecule has 0 atom stereocenters. The van der Waals surface area contributed by atoms with Gasteiger partial charge in [-0.25, -0.2) is 9.50 Å². The van der Waals surface area contributed by atoms with Crippen LogP contribution in [0.2, 0.25) is 0 Å². The van der Waals surface area contributed by atoms with Crippen LogP contribution in [0.4, 0.5) is 5.82 Å². The molecule has 21 heavy (non-hydrogen) atoms. The Kier molecular flexibility index (Phi) is 3.54. The third-order valence-electron chi connectivity index (χ3n) is 3.89. The lowest BCUT2D eigenvalue weighted by Gasteiger charge is -2.26. The van der Waals surface area contributed by atoms with Gasteiger partial charge in [-0.15, -0.1) is 0 Å². The molecule has 2 radical (unpaired) electrons. The number of fused-ring (bicyclic) bond motifs is 1. The smallest absolute Gasteiger partial charge is 0.253 e. The molecular weight excluding hydrogens is 269 g/mol. The molecule has 1 aliphatic carbocycles. The number of rotatable bonds is 2. The molecule has 4 N–H and O–H groups in total. The van der Waals surface area contributed by atoms with Crippen molar-refractivity contribution in [1.82, 2.24) is 19.9 Å². The molecule has 1 fully saturated rings. The average molecular weight is 285 g/mol. The molecule has 0 aromatic carbocycles. The Morgan fingerprint density at radius 1 is 1.43 bits per heavy atom. The molecule has 2 aromatic heterocycles. The summed E-state index contributed by atoms with van der Waals surface area (Å²) >= 11 is 0. The van der Waals surface area contributed by atoms with E-state index in [0.717, 1.165) is 12.8 Å². The van der Waals surface area contributed by atoms with Crippen LogP contribution in [0.3, 0.4) is 0 Å². The molecule has 3 rings (SSSR count). The molecule has 0 unspecified atom stereocenters. The highest BCUT2D eigenvalue weighted by molar-refractivity contribution is 6.32. The highest BCUT2D eigenvalue weighted by Gasteiger charge is 2.23. The predicted octanol–water partition coefficient (Wildman–Crippen LogP) is -0.861. The Morgan fingerprint density at radius 3 is 2.86 bits per heavy atom. The summed E-state index contributed by atoms with van der Waals surface area (Å²) in [4.78, 5) is 16.3. The SMILES string of the molecule is [B]c1cc(C(=O)NC2CCC(O)CC2)c2c(N)ncnn12. The summed E-state index contributed by atoms with van der Waals surface area (Å²) in [6.07, 6.45) is 3.97. The van der Waals surface area contributed by atoms with Gasteiger partial charge in [-0.2, -0.15) is 5.10 Å². The lowest BCUT2D eigenvalue weighted by Crippen LogP contribution is -2.38. The van der Waals surface area contributed by atoms with E-state index in [0.29, 0.717) is 29.5 Å². The summed E-state index contributed by atoms with van der Waals surface area (Å²) in [6.45, 7) is 0. The minimum Gasteiger partial charge on any atom is -0.393 e. The molecule has 1 saturated carbocycles. The van der Waals surface area contributed by atoms with Crippen LogP contribution in [-0.2, 0) is 0 Å². The number of anilines is 1. The van der Waals surface area contributed by atoms with Crippen molar-refractivity contribution in [3.05, 3.63) is 18.0 Å². The highest BCUT2D eigenvalue weighted by atomic mass is 16.3. The standard InChI is InChI=1S/C13H16BN5O2/c14-10-5-9(11-12(15)16-6-17-19(10)11)13(21)18-7-1-3-8(20)4-2-7/h5-8,20H,1-4H2,(H,18,21)(H2,15,16,17). The molecule has 2 aromatic rings. The highest BCUT2D eigenvalue weighted by Crippen LogP contribution is 2.20. The number of nitrogens with one attached hydrogen (secondary N) is 1. The van der Waals surface area contributed by atoms with E-state index in [1.807, 2.05) is 0 Å². The Hall–Kier alpha value is -2.09. The van der Waals surface area contributed by atoms with Crippen LogP contribution in [0.15, 0.2) is 12.4 Å². The van der Waals surface area contributed by atoms with Crippen molar-refractivity contribution in [3.63, 3.8) is 0 Å². The van der Waals surface area contributed by atoms with E-state index in [-0.39, 0.29) is 23.9 Å². The summed E-state index contributed by atoms with van der Waals surface area (Å²) in [7, 11) is 5.84. The van der Waals surface area contributed by atoms with Crippen molar-refractivity contribution in [2.24, 2.45) is 0 Å². The molecule has 1 amide bonds. The molecule has 0 spiro atoms. The second kappa shape index (κ2) is 5.36. The third-order valence-corrected chi connectivity index (χ3v) is 3.89. The summed E-state index contributed by atoms with van der Waals surface area (Å²) in [5, 5.41) is 16.4. The average Bonchev–Trinajstić information content (AvgIpc) is 2.80. The normalized spacial score (nSPS) is 22.3. The molecule has 7 nitrogen and oxygen atoms in total. The van der Waals surface area contributed by atoms with Gasteiger partial charge in [0.25, 0.3) is 5.91 Å². The molecular formula is C13H16BN5O2. The van der Waals surface area contributed by atoms with E-state index in [2.05, 4.69) is 15.4 Å². The zero-order valence-corrected chi connectivity index (χ0v) is 11.5. The third kappa shape index (κ3) is 2.58. The van der Waals surface area contributed by atoms with Crippen LogP contribution in [-0.4, -0.2) is 45.6 Å². The van der Waals surface area contributed by atoms with Gasteiger partial charge < -0.3 is 16.2 Å². The summed E-state index contributed by atoms with van der Waals surface area (Å²) in [5.41, 5.74) is 6.95.